The largest absolute Gasteiger partial charge is 0.507 e. The van der Waals surface area contributed by atoms with Crippen molar-refractivity contribution < 1.29 is 24.5 Å². The Morgan fingerprint density at radius 1 is 1.10 bits per heavy atom. The molecule has 2 heterocycles. The molecule has 4 rings (SSSR count). The van der Waals surface area contributed by atoms with Gasteiger partial charge in [-0.15, -0.1) is 0 Å². The first-order valence-corrected chi connectivity index (χ1v) is 10.3. The summed E-state index contributed by atoms with van der Waals surface area (Å²) in [5, 5.41) is 27.2. The molecule has 0 aliphatic carbocycles. The van der Waals surface area contributed by atoms with E-state index in [2.05, 4.69) is 10.2 Å². The minimum Gasteiger partial charge on any atom is -0.507 e. The highest BCUT2D eigenvalue weighted by Gasteiger charge is 2.42. The molecule has 0 spiro atoms. The quantitative estimate of drug-likeness (QED) is 0.514. The second-order valence-electron chi connectivity index (χ2n) is 7.07. The lowest BCUT2D eigenvalue weighted by Gasteiger charge is -2.26. The van der Waals surface area contributed by atoms with Gasteiger partial charge in [-0.2, -0.15) is 5.10 Å². The maximum atomic E-state index is 13.1. The van der Waals surface area contributed by atoms with Crippen LogP contribution in [0.3, 0.4) is 0 Å². The third kappa shape index (κ3) is 3.59. The Hall–Kier alpha value is -3.52. The number of carbonyl (C=O) groups is 1. The van der Waals surface area contributed by atoms with Crippen LogP contribution in [0.25, 0.3) is 11.3 Å². The zero-order valence-corrected chi connectivity index (χ0v) is 17.5. The number of phenols is 1. The Balaban J connectivity index is 1.88. The molecule has 162 valence electrons. The van der Waals surface area contributed by atoms with Crippen molar-refractivity contribution in [3.63, 3.8) is 0 Å². The number of aromatic amines is 1. The molecular formula is C23H25N3O5. The van der Waals surface area contributed by atoms with Crippen molar-refractivity contribution in [1.29, 1.82) is 0 Å². The molecule has 0 bridgehead atoms. The lowest BCUT2D eigenvalue weighted by atomic mass is 9.95. The fraction of sp³-hybridized carbons (Fsp3) is 0.304. The molecule has 0 saturated carbocycles. The second kappa shape index (κ2) is 8.69. The number of aromatic nitrogens is 2. The van der Waals surface area contributed by atoms with Crippen LogP contribution < -0.4 is 9.47 Å². The highest BCUT2D eigenvalue weighted by Crippen LogP contribution is 2.45. The summed E-state index contributed by atoms with van der Waals surface area (Å²) in [5.41, 5.74) is 2.83. The summed E-state index contributed by atoms with van der Waals surface area (Å²) in [6.07, 6.45) is 0. The molecule has 0 fully saturated rings. The molecule has 2 aromatic carbocycles. The number of H-pyrrole nitrogens is 1. The first-order valence-electron chi connectivity index (χ1n) is 10.3. The van der Waals surface area contributed by atoms with E-state index in [0.717, 1.165) is 5.56 Å². The number of aliphatic hydroxyl groups is 1. The molecule has 3 N–H and O–H groups in total. The number of nitrogens with one attached hydrogen (secondary N) is 1. The molecule has 1 aliphatic heterocycles. The summed E-state index contributed by atoms with van der Waals surface area (Å²) in [6, 6.07) is 11.9. The van der Waals surface area contributed by atoms with E-state index >= 15 is 0 Å². The number of aliphatic hydroxyl groups excluding tert-OH is 1. The number of para-hydroxylation sites is 1. The minimum absolute atomic E-state index is 0.0744. The van der Waals surface area contributed by atoms with E-state index in [0.29, 0.717) is 47.2 Å². The van der Waals surface area contributed by atoms with Gasteiger partial charge < -0.3 is 24.6 Å². The van der Waals surface area contributed by atoms with Gasteiger partial charge in [0.15, 0.2) is 11.5 Å². The number of benzene rings is 2. The van der Waals surface area contributed by atoms with Crippen molar-refractivity contribution in [3.8, 4) is 28.5 Å². The van der Waals surface area contributed by atoms with Gasteiger partial charge >= 0.3 is 0 Å². The van der Waals surface area contributed by atoms with Crippen LogP contribution in [-0.4, -0.2) is 57.6 Å². The van der Waals surface area contributed by atoms with Gasteiger partial charge in [0, 0.05) is 17.7 Å². The van der Waals surface area contributed by atoms with E-state index in [9.17, 15) is 15.0 Å². The van der Waals surface area contributed by atoms with E-state index in [-0.39, 0.29) is 24.8 Å². The SMILES string of the molecule is CCOc1ccc([C@@H]2c3c(-c4ccccc4O)n[nH]c3C(=O)N2CCO)cc1OCC. The van der Waals surface area contributed by atoms with Crippen LogP contribution in [0.1, 0.15) is 41.5 Å². The van der Waals surface area contributed by atoms with Crippen molar-refractivity contribution >= 4 is 5.91 Å². The van der Waals surface area contributed by atoms with Crippen LogP contribution in [0.15, 0.2) is 42.5 Å². The van der Waals surface area contributed by atoms with E-state index in [1.165, 1.54) is 0 Å². The van der Waals surface area contributed by atoms with Gasteiger partial charge in [-0.05, 0) is 43.7 Å². The molecule has 1 amide bonds. The van der Waals surface area contributed by atoms with Gasteiger partial charge in [0.25, 0.3) is 5.91 Å². The number of aromatic hydroxyl groups is 1. The Morgan fingerprint density at radius 2 is 1.84 bits per heavy atom. The monoisotopic (exact) mass is 423 g/mol. The number of fused-ring (bicyclic) bond motifs is 1. The number of carbonyl (C=O) groups excluding carboxylic acids is 1. The molecule has 0 unspecified atom stereocenters. The van der Waals surface area contributed by atoms with Gasteiger partial charge in [0.05, 0.1) is 25.9 Å². The smallest absolute Gasteiger partial charge is 0.273 e. The Kier molecular flexibility index (Phi) is 5.81. The predicted molar refractivity (Wildman–Crippen MR) is 114 cm³/mol. The second-order valence-corrected chi connectivity index (χ2v) is 7.07. The number of nitrogens with zero attached hydrogens (tertiary/aromatic N) is 2. The number of ether oxygens (including phenoxy) is 2. The maximum absolute atomic E-state index is 13.1. The van der Waals surface area contributed by atoms with Crippen molar-refractivity contribution in [2.75, 3.05) is 26.4 Å². The lowest BCUT2D eigenvalue weighted by molar-refractivity contribution is 0.0706. The van der Waals surface area contributed by atoms with Crippen molar-refractivity contribution in [3.05, 3.63) is 59.3 Å². The zero-order chi connectivity index (χ0) is 22.0. The van der Waals surface area contributed by atoms with Crippen molar-refractivity contribution in [1.82, 2.24) is 15.1 Å². The standard InChI is InChI=1S/C23H25N3O5/c1-3-30-17-10-9-14(13-18(17)31-4-2)22-19-20(15-7-5-6-8-16(15)28)24-25-21(19)23(29)26(22)11-12-27/h5-10,13,22,27-28H,3-4,11-12H2,1-2H3,(H,24,25)/t22-/m1/s1. The Morgan fingerprint density at radius 3 is 2.55 bits per heavy atom. The fourth-order valence-electron chi connectivity index (χ4n) is 4.00. The number of amides is 1. The van der Waals surface area contributed by atoms with Crippen molar-refractivity contribution in [2.45, 2.75) is 19.9 Å². The molecule has 8 nitrogen and oxygen atoms in total. The van der Waals surface area contributed by atoms with Crippen LogP contribution in [0.5, 0.6) is 17.2 Å². The van der Waals surface area contributed by atoms with Crippen LogP contribution in [0, 0.1) is 0 Å². The van der Waals surface area contributed by atoms with Gasteiger partial charge in [0.1, 0.15) is 17.1 Å². The average Bonchev–Trinajstić information content (AvgIpc) is 3.30. The summed E-state index contributed by atoms with van der Waals surface area (Å²) in [6.45, 7) is 4.74. The molecule has 3 aromatic rings. The summed E-state index contributed by atoms with van der Waals surface area (Å²) >= 11 is 0. The first kappa shape index (κ1) is 20.7. The van der Waals surface area contributed by atoms with Crippen LogP contribution in [-0.2, 0) is 0 Å². The zero-order valence-electron chi connectivity index (χ0n) is 17.5. The third-order valence-electron chi connectivity index (χ3n) is 5.25. The van der Waals surface area contributed by atoms with Gasteiger partial charge in [-0.3, -0.25) is 9.89 Å². The van der Waals surface area contributed by atoms with Gasteiger partial charge in [-0.25, -0.2) is 0 Å². The van der Waals surface area contributed by atoms with E-state index in [1.54, 1.807) is 29.2 Å². The predicted octanol–water partition coefficient (Wildman–Crippen LogP) is 3.12. The van der Waals surface area contributed by atoms with Crippen LogP contribution in [0.2, 0.25) is 0 Å². The molecule has 8 heteroatoms. The average molecular weight is 423 g/mol. The topological polar surface area (TPSA) is 108 Å². The normalized spacial score (nSPS) is 15.3. The molecule has 1 aromatic heterocycles. The van der Waals surface area contributed by atoms with E-state index in [1.807, 2.05) is 32.0 Å². The molecular weight excluding hydrogens is 398 g/mol. The van der Waals surface area contributed by atoms with E-state index in [4.69, 9.17) is 9.47 Å². The highest BCUT2D eigenvalue weighted by atomic mass is 16.5. The van der Waals surface area contributed by atoms with Gasteiger partial charge in [0.2, 0.25) is 0 Å². The maximum Gasteiger partial charge on any atom is 0.273 e. The highest BCUT2D eigenvalue weighted by molar-refractivity contribution is 6.00. The minimum atomic E-state index is -0.502. The summed E-state index contributed by atoms with van der Waals surface area (Å²) in [4.78, 5) is 14.7. The number of β-amino-alcohol motifs (C(OH)–C–C–N with tert-alkyl or cyclic N) is 1. The van der Waals surface area contributed by atoms with E-state index < -0.39 is 6.04 Å². The summed E-state index contributed by atoms with van der Waals surface area (Å²) in [7, 11) is 0. The molecule has 1 aliphatic rings. The lowest BCUT2D eigenvalue weighted by Crippen LogP contribution is -2.32. The van der Waals surface area contributed by atoms with Crippen LogP contribution in [0.4, 0.5) is 0 Å². The number of phenolic OH excluding ortho intramolecular Hbond substituents is 1. The van der Waals surface area contributed by atoms with Crippen LogP contribution >= 0.6 is 0 Å². The summed E-state index contributed by atoms with van der Waals surface area (Å²) in [5.74, 6) is 1.03. The first-order chi connectivity index (χ1) is 15.1. The molecule has 1 atom stereocenters. The number of hydrogen-bond acceptors (Lipinski definition) is 6. The van der Waals surface area contributed by atoms with Gasteiger partial charge in [-0.1, -0.05) is 18.2 Å². The summed E-state index contributed by atoms with van der Waals surface area (Å²) < 4.78 is 11.4. The van der Waals surface area contributed by atoms with Crippen molar-refractivity contribution in [2.24, 2.45) is 0 Å². The Bertz CT molecular complexity index is 1090. The Labute approximate surface area is 180 Å². The number of rotatable bonds is 8. The molecule has 0 radical (unpaired) electrons. The molecule has 31 heavy (non-hydrogen) atoms. The third-order valence-corrected chi connectivity index (χ3v) is 5.25. The number of hydrogen-bond donors (Lipinski definition) is 3. The molecule has 0 saturated heterocycles. The fourth-order valence-corrected chi connectivity index (χ4v) is 4.00.